The molecule has 12 heteroatoms. The fraction of sp³-hybridized carbons (Fsp3) is 0.280. The number of rotatable bonds is 10. The van der Waals surface area contributed by atoms with Gasteiger partial charge in [-0.05, 0) is 72.1 Å². The van der Waals surface area contributed by atoms with Crippen LogP contribution in [-0.4, -0.2) is 29.8 Å². The predicted octanol–water partition coefficient (Wildman–Crippen LogP) is 7.55. The zero-order valence-electron chi connectivity index (χ0n) is 20.1. The van der Waals surface area contributed by atoms with E-state index in [2.05, 4.69) is 27.9 Å². The van der Waals surface area contributed by atoms with E-state index in [9.17, 15) is 22.9 Å². The van der Waals surface area contributed by atoms with E-state index in [1.54, 1.807) is 37.4 Å². The summed E-state index contributed by atoms with van der Waals surface area (Å²) in [5, 5.41) is 5.32. The third kappa shape index (κ3) is 7.38. The Morgan fingerprint density at radius 2 is 1.95 bits per heavy atom. The lowest BCUT2D eigenvalue weighted by Gasteiger charge is -2.24. The number of alkyl halides is 1. The summed E-state index contributed by atoms with van der Waals surface area (Å²) in [5.74, 6) is -3.20. The standard InChI is InChI=1S/C25H24ClF2INO5PS/c1-25(2,13-29)24(32)34-14-35-36(3,33)22(18-12-37-21-7-5-16(26)11-17(18)21)23(31)30-9-8-15-4-6-19(27)20(28)10-15/h4-12,22H,13-14H2,1-3H3,(H,30,31)/b9-8+. The quantitative estimate of drug-likeness (QED) is 0.0786. The number of carbonyl (C=O) groups excluding carboxylic acids is 2. The first-order valence-corrected chi connectivity index (χ1v) is 15.8. The molecule has 1 aromatic heterocycles. The molecule has 0 spiro atoms. The molecule has 2 atom stereocenters. The van der Waals surface area contributed by atoms with Crippen molar-refractivity contribution in [1.82, 2.24) is 5.32 Å². The van der Waals surface area contributed by atoms with Gasteiger partial charge in [0.15, 0.2) is 18.4 Å². The lowest BCUT2D eigenvalue weighted by molar-refractivity contribution is -0.159. The molecule has 1 amide bonds. The molecule has 0 aliphatic heterocycles. The van der Waals surface area contributed by atoms with E-state index in [-0.39, 0.29) is 0 Å². The number of amides is 1. The molecule has 6 nitrogen and oxygen atoms in total. The molecule has 0 radical (unpaired) electrons. The molecule has 2 aromatic carbocycles. The highest BCUT2D eigenvalue weighted by Gasteiger charge is 2.39. The molecule has 0 aliphatic rings. The van der Waals surface area contributed by atoms with Gasteiger partial charge in [0.2, 0.25) is 13.3 Å². The average Bonchev–Trinajstić information content (AvgIpc) is 3.23. The fourth-order valence-electron chi connectivity index (χ4n) is 3.26. The Labute approximate surface area is 236 Å². The van der Waals surface area contributed by atoms with Crippen LogP contribution in [0.25, 0.3) is 16.2 Å². The highest BCUT2D eigenvalue weighted by molar-refractivity contribution is 14.1. The summed E-state index contributed by atoms with van der Waals surface area (Å²) in [5.41, 5.74) is -1.29. The first kappa shape index (κ1) is 29.7. The molecule has 0 saturated carbocycles. The number of halogens is 4. The van der Waals surface area contributed by atoms with Crippen molar-refractivity contribution < 1.29 is 32.2 Å². The molecular weight excluding hydrogens is 658 g/mol. The highest BCUT2D eigenvalue weighted by atomic mass is 127. The second-order valence-corrected chi connectivity index (χ2v) is 13.6. The number of esters is 1. The first-order chi connectivity index (χ1) is 17.4. The third-order valence-electron chi connectivity index (χ3n) is 5.41. The van der Waals surface area contributed by atoms with Gasteiger partial charge in [0.25, 0.3) is 0 Å². The molecule has 198 valence electrons. The topological polar surface area (TPSA) is 81.7 Å². The number of fused-ring (bicyclic) bond motifs is 1. The summed E-state index contributed by atoms with van der Waals surface area (Å²) in [4.78, 5) is 25.6. The van der Waals surface area contributed by atoms with Crippen LogP contribution in [0, 0.1) is 17.0 Å². The summed E-state index contributed by atoms with van der Waals surface area (Å²) in [6.45, 7) is 4.12. The summed E-state index contributed by atoms with van der Waals surface area (Å²) < 4.78 is 52.5. The molecule has 3 aromatic rings. The molecule has 0 aliphatic carbocycles. The van der Waals surface area contributed by atoms with Crippen LogP contribution in [0.3, 0.4) is 0 Å². The predicted molar refractivity (Wildman–Crippen MR) is 151 cm³/mol. The maximum Gasteiger partial charge on any atom is 0.314 e. The molecule has 1 heterocycles. The molecule has 37 heavy (non-hydrogen) atoms. The number of ether oxygens (including phenoxy) is 1. The van der Waals surface area contributed by atoms with E-state index in [0.29, 0.717) is 26.0 Å². The number of carbonyl (C=O) groups is 2. The van der Waals surface area contributed by atoms with Gasteiger partial charge in [0.1, 0.15) is 5.66 Å². The zero-order chi connectivity index (χ0) is 27.4. The Morgan fingerprint density at radius 3 is 2.62 bits per heavy atom. The van der Waals surface area contributed by atoms with Gasteiger partial charge in [-0.2, -0.15) is 0 Å². The Morgan fingerprint density at radius 1 is 1.22 bits per heavy atom. The smallest absolute Gasteiger partial charge is 0.314 e. The SMILES string of the molecule is CC(C)(CI)C(=O)OCOP(C)(=O)C(C(=O)N/C=C/c1ccc(F)c(F)c1)c1csc2ccc(Cl)cc12. The number of nitrogens with one attached hydrogen (secondary N) is 1. The Bertz CT molecular complexity index is 1400. The van der Waals surface area contributed by atoms with E-state index in [1.165, 1.54) is 36.3 Å². The lowest BCUT2D eigenvalue weighted by atomic mass is 9.97. The number of hydrogen-bond donors (Lipinski definition) is 1. The van der Waals surface area contributed by atoms with Gasteiger partial charge in [-0.25, -0.2) is 8.78 Å². The van der Waals surface area contributed by atoms with Crippen molar-refractivity contribution in [3.63, 3.8) is 0 Å². The van der Waals surface area contributed by atoms with Gasteiger partial charge in [0, 0.05) is 27.0 Å². The van der Waals surface area contributed by atoms with Crippen LogP contribution >= 0.6 is 52.9 Å². The first-order valence-electron chi connectivity index (χ1n) is 10.9. The maximum atomic E-state index is 13.8. The number of thiophene rings is 1. The monoisotopic (exact) mass is 681 g/mol. The minimum absolute atomic E-state index is 0.309. The summed E-state index contributed by atoms with van der Waals surface area (Å²) in [6.07, 6.45) is 2.61. The van der Waals surface area contributed by atoms with Crippen molar-refractivity contribution in [2.75, 3.05) is 17.9 Å². The normalized spacial score (nSPS) is 14.5. The molecule has 0 fully saturated rings. The second-order valence-electron chi connectivity index (χ2n) is 8.85. The maximum absolute atomic E-state index is 13.8. The van der Waals surface area contributed by atoms with E-state index in [4.69, 9.17) is 20.9 Å². The van der Waals surface area contributed by atoms with Crippen LogP contribution in [0.2, 0.25) is 5.02 Å². The van der Waals surface area contributed by atoms with Crippen LogP contribution in [0.15, 0.2) is 48.0 Å². The van der Waals surface area contributed by atoms with Crippen LogP contribution in [0.1, 0.15) is 30.6 Å². The van der Waals surface area contributed by atoms with Crippen LogP contribution in [0.4, 0.5) is 8.78 Å². The largest absolute Gasteiger partial charge is 0.438 e. The highest BCUT2D eigenvalue weighted by Crippen LogP contribution is 2.59. The van der Waals surface area contributed by atoms with Gasteiger partial charge in [0.05, 0.1) is 5.41 Å². The molecule has 2 unspecified atom stereocenters. The van der Waals surface area contributed by atoms with Crippen molar-refractivity contribution in [3.8, 4) is 0 Å². The zero-order valence-corrected chi connectivity index (χ0v) is 24.7. The number of benzene rings is 2. The van der Waals surface area contributed by atoms with Gasteiger partial charge in [-0.1, -0.05) is 40.3 Å². The van der Waals surface area contributed by atoms with Crippen molar-refractivity contribution in [2.24, 2.45) is 5.41 Å². The minimum Gasteiger partial charge on any atom is -0.438 e. The van der Waals surface area contributed by atoms with Gasteiger partial charge >= 0.3 is 5.97 Å². The summed E-state index contributed by atoms with van der Waals surface area (Å²) in [6, 6.07) is 8.45. The molecule has 1 N–H and O–H groups in total. The summed E-state index contributed by atoms with van der Waals surface area (Å²) >= 11 is 9.59. The molecule has 3 rings (SSSR count). The fourth-order valence-corrected chi connectivity index (χ4v) is 6.45. The Balaban J connectivity index is 1.88. The Kier molecular flexibility index (Phi) is 9.90. The van der Waals surface area contributed by atoms with Crippen molar-refractivity contribution in [1.29, 1.82) is 0 Å². The van der Waals surface area contributed by atoms with Crippen LogP contribution < -0.4 is 5.32 Å². The second kappa shape index (κ2) is 12.3. The molecule has 0 saturated heterocycles. The average molecular weight is 682 g/mol. The van der Waals surface area contributed by atoms with E-state index < -0.39 is 48.7 Å². The van der Waals surface area contributed by atoms with Crippen molar-refractivity contribution >= 4 is 80.9 Å². The van der Waals surface area contributed by atoms with Crippen molar-refractivity contribution in [2.45, 2.75) is 19.5 Å². The Hall–Kier alpha value is -1.85. The number of hydrogen-bond acceptors (Lipinski definition) is 6. The van der Waals surface area contributed by atoms with Gasteiger partial charge in [-0.3, -0.25) is 18.7 Å². The van der Waals surface area contributed by atoms with E-state index >= 15 is 0 Å². The van der Waals surface area contributed by atoms with E-state index in [0.717, 1.165) is 16.8 Å². The van der Waals surface area contributed by atoms with Gasteiger partial charge in [-0.15, -0.1) is 11.3 Å². The third-order valence-corrected chi connectivity index (χ3v) is 10.6. The van der Waals surface area contributed by atoms with Gasteiger partial charge < -0.3 is 10.1 Å². The van der Waals surface area contributed by atoms with Crippen LogP contribution in [-0.2, 0) is 23.4 Å². The molecular formula is C25H24ClF2INO5PS. The van der Waals surface area contributed by atoms with Crippen LogP contribution in [0.5, 0.6) is 0 Å². The minimum atomic E-state index is -3.78. The lowest BCUT2D eigenvalue weighted by Crippen LogP contribution is -2.29. The summed E-state index contributed by atoms with van der Waals surface area (Å²) in [7, 11) is -3.78. The van der Waals surface area contributed by atoms with E-state index in [1.807, 2.05) is 0 Å². The molecule has 0 bridgehead atoms. The van der Waals surface area contributed by atoms with Crippen molar-refractivity contribution in [3.05, 3.63) is 75.8 Å².